The maximum atomic E-state index is 6.24. The molecule has 20 heavy (non-hydrogen) atoms. The van der Waals surface area contributed by atoms with E-state index in [9.17, 15) is 0 Å². The minimum absolute atomic E-state index is 0.133. The molecule has 4 nitrogen and oxygen atoms in total. The van der Waals surface area contributed by atoms with Crippen molar-refractivity contribution in [2.75, 3.05) is 0 Å². The summed E-state index contributed by atoms with van der Waals surface area (Å²) in [7, 11) is 0. The van der Waals surface area contributed by atoms with Crippen molar-refractivity contribution in [3.05, 3.63) is 65.5 Å². The fourth-order valence-electron chi connectivity index (χ4n) is 2.34. The Hall–Kier alpha value is -2.17. The molecule has 0 amide bonds. The highest BCUT2D eigenvalue weighted by atomic mass is 15.0. The number of nitrogens with zero attached hydrogens (tertiary/aromatic N) is 1. The van der Waals surface area contributed by atoms with Crippen molar-refractivity contribution < 1.29 is 0 Å². The van der Waals surface area contributed by atoms with Crippen molar-refractivity contribution in [1.29, 1.82) is 0 Å². The Bertz CT molecular complexity index is 703. The third kappa shape index (κ3) is 2.57. The SMILES string of the molecule is NCc1ccc2nc(C(N)Cc3ccccc3)[nH]c2c1. The monoisotopic (exact) mass is 266 g/mol. The first kappa shape index (κ1) is 12.8. The molecular formula is C16H18N4. The van der Waals surface area contributed by atoms with Gasteiger partial charge in [0.25, 0.3) is 0 Å². The zero-order valence-electron chi connectivity index (χ0n) is 11.2. The van der Waals surface area contributed by atoms with Gasteiger partial charge in [-0.1, -0.05) is 36.4 Å². The zero-order valence-corrected chi connectivity index (χ0v) is 11.2. The highest BCUT2D eigenvalue weighted by molar-refractivity contribution is 5.76. The van der Waals surface area contributed by atoms with Crippen molar-refractivity contribution >= 4 is 11.0 Å². The molecule has 0 spiro atoms. The van der Waals surface area contributed by atoms with Gasteiger partial charge in [0.2, 0.25) is 0 Å². The van der Waals surface area contributed by atoms with Gasteiger partial charge in [-0.3, -0.25) is 0 Å². The van der Waals surface area contributed by atoms with Gasteiger partial charge in [0.1, 0.15) is 5.82 Å². The molecular weight excluding hydrogens is 248 g/mol. The average Bonchev–Trinajstić information content (AvgIpc) is 2.91. The van der Waals surface area contributed by atoms with Gasteiger partial charge in [0.15, 0.2) is 0 Å². The van der Waals surface area contributed by atoms with Gasteiger partial charge < -0.3 is 16.5 Å². The molecule has 3 rings (SSSR count). The van der Waals surface area contributed by atoms with Crippen LogP contribution in [-0.4, -0.2) is 9.97 Å². The van der Waals surface area contributed by atoms with Crippen LogP contribution >= 0.6 is 0 Å². The summed E-state index contributed by atoms with van der Waals surface area (Å²) in [5.74, 6) is 0.818. The van der Waals surface area contributed by atoms with Crippen LogP contribution in [0.25, 0.3) is 11.0 Å². The Balaban J connectivity index is 1.86. The van der Waals surface area contributed by atoms with Gasteiger partial charge in [-0.25, -0.2) is 4.98 Å². The molecule has 2 aromatic carbocycles. The van der Waals surface area contributed by atoms with Crippen LogP contribution in [-0.2, 0) is 13.0 Å². The Morgan fingerprint density at radius 3 is 2.60 bits per heavy atom. The summed E-state index contributed by atoms with van der Waals surface area (Å²) in [5, 5.41) is 0. The van der Waals surface area contributed by atoms with Gasteiger partial charge in [-0.15, -0.1) is 0 Å². The Labute approximate surface area is 117 Å². The van der Waals surface area contributed by atoms with Crippen molar-refractivity contribution in [1.82, 2.24) is 9.97 Å². The van der Waals surface area contributed by atoms with E-state index in [1.54, 1.807) is 0 Å². The number of rotatable bonds is 4. The second-order valence-electron chi connectivity index (χ2n) is 4.97. The molecule has 1 unspecified atom stereocenters. The summed E-state index contributed by atoms with van der Waals surface area (Å²) >= 11 is 0. The van der Waals surface area contributed by atoms with E-state index in [1.807, 2.05) is 36.4 Å². The molecule has 102 valence electrons. The number of aromatic amines is 1. The van der Waals surface area contributed by atoms with Crippen LogP contribution in [0.4, 0.5) is 0 Å². The molecule has 0 aliphatic heterocycles. The van der Waals surface area contributed by atoms with Crippen LogP contribution in [0.2, 0.25) is 0 Å². The number of nitrogens with one attached hydrogen (secondary N) is 1. The van der Waals surface area contributed by atoms with Gasteiger partial charge >= 0.3 is 0 Å². The van der Waals surface area contributed by atoms with E-state index < -0.39 is 0 Å². The first-order valence-electron chi connectivity index (χ1n) is 6.74. The number of hydrogen-bond acceptors (Lipinski definition) is 3. The highest BCUT2D eigenvalue weighted by Gasteiger charge is 2.12. The molecule has 1 aromatic heterocycles. The number of imidazole rings is 1. The lowest BCUT2D eigenvalue weighted by Crippen LogP contribution is -2.14. The molecule has 0 aliphatic rings. The van der Waals surface area contributed by atoms with Crippen LogP contribution < -0.4 is 11.5 Å². The van der Waals surface area contributed by atoms with Crippen LogP contribution in [0.3, 0.4) is 0 Å². The maximum absolute atomic E-state index is 6.24. The van der Waals surface area contributed by atoms with Crippen molar-refractivity contribution in [3.63, 3.8) is 0 Å². The average molecular weight is 266 g/mol. The van der Waals surface area contributed by atoms with Crippen LogP contribution in [0, 0.1) is 0 Å². The number of nitrogens with two attached hydrogens (primary N) is 2. The minimum Gasteiger partial charge on any atom is -0.341 e. The molecule has 3 aromatic rings. The number of benzene rings is 2. The van der Waals surface area contributed by atoms with Gasteiger partial charge in [-0.2, -0.15) is 0 Å². The van der Waals surface area contributed by atoms with E-state index >= 15 is 0 Å². The summed E-state index contributed by atoms with van der Waals surface area (Å²) in [6.07, 6.45) is 0.768. The zero-order chi connectivity index (χ0) is 13.9. The molecule has 0 aliphatic carbocycles. The summed E-state index contributed by atoms with van der Waals surface area (Å²) in [4.78, 5) is 7.86. The maximum Gasteiger partial charge on any atom is 0.124 e. The van der Waals surface area contributed by atoms with Gasteiger partial charge in [0, 0.05) is 6.54 Å². The first-order valence-corrected chi connectivity index (χ1v) is 6.74. The fraction of sp³-hybridized carbons (Fsp3) is 0.188. The van der Waals surface area contributed by atoms with Crippen molar-refractivity contribution in [2.24, 2.45) is 11.5 Å². The molecule has 4 heteroatoms. The largest absolute Gasteiger partial charge is 0.341 e. The fourth-order valence-corrected chi connectivity index (χ4v) is 2.34. The normalized spacial score (nSPS) is 12.7. The molecule has 1 atom stereocenters. The predicted molar refractivity (Wildman–Crippen MR) is 81.1 cm³/mol. The molecule has 1 heterocycles. The van der Waals surface area contributed by atoms with Crippen molar-refractivity contribution in [3.8, 4) is 0 Å². The molecule has 0 fully saturated rings. The quantitative estimate of drug-likeness (QED) is 0.677. The lowest BCUT2D eigenvalue weighted by atomic mass is 10.1. The number of fused-ring (bicyclic) bond motifs is 1. The summed E-state index contributed by atoms with van der Waals surface area (Å²) in [5.41, 5.74) is 16.1. The Kier molecular flexibility index (Phi) is 3.50. The first-order chi connectivity index (χ1) is 9.76. The molecule has 5 N–H and O–H groups in total. The van der Waals surface area contributed by atoms with E-state index in [0.29, 0.717) is 6.54 Å². The topological polar surface area (TPSA) is 80.7 Å². The molecule has 0 saturated carbocycles. The van der Waals surface area contributed by atoms with E-state index in [1.165, 1.54) is 5.56 Å². The number of hydrogen-bond donors (Lipinski definition) is 3. The van der Waals surface area contributed by atoms with Gasteiger partial charge in [0.05, 0.1) is 17.1 Å². The van der Waals surface area contributed by atoms with Crippen molar-refractivity contribution in [2.45, 2.75) is 19.0 Å². The Morgan fingerprint density at radius 2 is 1.85 bits per heavy atom. The molecule has 0 bridgehead atoms. The predicted octanol–water partition coefficient (Wildman–Crippen LogP) is 2.26. The minimum atomic E-state index is -0.133. The van der Waals surface area contributed by atoms with E-state index in [-0.39, 0.29) is 6.04 Å². The third-order valence-corrected chi connectivity index (χ3v) is 3.45. The van der Waals surface area contributed by atoms with E-state index in [4.69, 9.17) is 11.5 Å². The Morgan fingerprint density at radius 1 is 1.05 bits per heavy atom. The summed E-state index contributed by atoms with van der Waals surface area (Å²) < 4.78 is 0. The second-order valence-corrected chi connectivity index (χ2v) is 4.97. The third-order valence-electron chi connectivity index (χ3n) is 3.45. The lowest BCUT2D eigenvalue weighted by molar-refractivity contribution is 0.680. The molecule has 0 saturated heterocycles. The molecule has 0 radical (unpaired) electrons. The number of aromatic nitrogens is 2. The smallest absolute Gasteiger partial charge is 0.124 e. The lowest BCUT2D eigenvalue weighted by Gasteiger charge is -2.08. The summed E-state index contributed by atoms with van der Waals surface area (Å²) in [6.45, 7) is 0.528. The van der Waals surface area contributed by atoms with Crippen LogP contribution in [0.5, 0.6) is 0 Å². The standard InChI is InChI=1S/C16H18N4/c17-10-12-6-7-14-15(9-12)20-16(19-14)13(18)8-11-4-2-1-3-5-11/h1-7,9,13H,8,10,17-18H2,(H,19,20). The van der Waals surface area contributed by atoms with Crippen LogP contribution in [0.15, 0.2) is 48.5 Å². The number of H-pyrrole nitrogens is 1. The second kappa shape index (κ2) is 5.45. The van der Waals surface area contributed by atoms with Crippen LogP contribution in [0.1, 0.15) is 23.0 Å². The van der Waals surface area contributed by atoms with E-state index in [0.717, 1.165) is 28.8 Å². The van der Waals surface area contributed by atoms with Gasteiger partial charge in [-0.05, 0) is 29.7 Å². The summed E-state index contributed by atoms with van der Waals surface area (Å²) in [6, 6.07) is 16.1. The van der Waals surface area contributed by atoms with E-state index in [2.05, 4.69) is 22.1 Å². The highest BCUT2D eigenvalue weighted by Crippen LogP contribution is 2.19.